The Kier molecular flexibility index (Phi) is 3.38. The molecule has 2 N–H and O–H groups in total. The molecular weight excluding hydrogens is 297 g/mol. The topological polar surface area (TPSA) is 79.1 Å². The van der Waals surface area contributed by atoms with Gasteiger partial charge in [0.1, 0.15) is 11.3 Å². The van der Waals surface area contributed by atoms with Gasteiger partial charge in [-0.1, -0.05) is 23.3 Å². The first-order valence-corrected chi connectivity index (χ1v) is 7.34. The van der Waals surface area contributed by atoms with Crippen LogP contribution < -0.4 is 16.0 Å². The summed E-state index contributed by atoms with van der Waals surface area (Å²) < 4.78 is 18.8. The Bertz CT molecular complexity index is 959. The van der Waals surface area contributed by atoms with Crippen LogP contribution >= 0.6 is 0 Å². The molecule has 1 aliphatic heterocycles. The van der Waals surface area contributed by atoms with Gasteiger partial charge in [-0.25, -0.2) is 4.39 Å². The molecule has 0 unspecified atom stereocenters. The van der Waals surface area contributed by atoms with Crippen LogP contribution in [0.15, 0.2) is 39.9 Å². The first kappa shape index (κ1) is 13.7. The molecule has 0 radical (unpaired) electrons. The number of nitrogens with zero attached hydrogens (tertiary/aromatic N) is 3. The van der Waals surface area contributed by atoms with Crippen molar-refractivity contribution in [3.63, 3.8) is 0 Å². The Morgan fingerprint density at radius 2 is 2.26 bits per heavy atom. The lowest BCUT2D eigenvalue weighted by Gasteiger charge is -2.01. The van der Waals surface area contributed by atoms with Crippen LogP contribution in [0.25, 0.3) is 17.5 Å². The lowest BCUT2D eigenvalue weighted by atomic mass is 10.2. The summed E-state index contributed by atoms with van der Waals surface area (Å²) in [5.74, 6) is 0.159. The van der Waals surface area contributed by atoms with Crippen LogP contribution in [0, 0.1) is 5.82 Å². The second-order valence-corrected chi connectivity index (χ2v) is 5.23. The predicted molar refractivity (Wildman–Crippen MR) is 82.5 cm³/mol. The van der Waals surface area contributed by atoms with Crippen LogP contribution in [0.4, 0.5) is 10.4 Å². The molecule has 7 heteroatoms. The van der Waals surface area contributed by atoms with Gasteiger partial charge in [0, 0.05) is 24.5 Å². The molecule has 3 aromatic rings. The first-order valence-electron chi connectivity index (χ1n) is 7.34. The summed E-state index contributed by atoms with van der Waals surface area (Å²) in [5.41, 5.74) is 2.49. The van der Waals surface area contributed by atoms with Crippen LogP contribution in [0.3, 0.4) is 0 Å². The number of benzene rings is 1. The second kappa shape index (κ2) is 5.68. The molecule has 0 amide bonds. The molecule has 23 heavy (non-hydrogen) atoms. The zero-order valence-electron chi connectivity index (χ0n) is 12.2. The minimum absolute atomic E-state index is 0.270. The maximum absolute atomic E-state index is 13.1. The van der Waals surface area contributed by atoms with Crippen LogP contribution in [0.5, 0.6) is 0 Å². The van der Waals surface area contributed by atoms with Crippen molar-refractivity contribution in [1.82, 2.24) is 15.2 Å². The van der Waals surface area contributed by atoms with E-state index < -0.39 is 0 Å². The van der Waals surface area contributed by atoms with Gasteiger partial charge < -0.3 is 14.7 Å². The van der Waals surface area contributed by atoms with Crippen molar-refractivity contribution in [2.24, 2.45) is 4.99 Å². The third kappa shape index (κ3) is 2.73. The highest BCUT2D eigenvalue weighted by Gasteiger charge is 2.13. The number of aromatic nitrogens is 3. The summed E-state index contributed by atoms with van der Waals surface area (Å²) in [5, 5.41) is 12.0. The summed E-state index contributed by atoms with van der Waals surface area (Å²) in [6, 6.07) is 6.66. The molecule has 0 aliphatic carbocycles. The molecule has 0 saturated carbocycles. The van der Waals surface area contributed by atoms with Gasteiger partial charge in [-0.2, -0.15) is 0 Å². The number of fused-ring (bicyclic) bond motifs is 1. The molecule has 0 bridgehead atoms. The zero-order chi connectivity index (χ0) is 15.6. The summed E-state index contributed by atoms with van der Waals surface area (Å²) in [6.45, 7) is 1.20. The minimum Gasteiger partial charge on any atom is -0.403 e. The van der Waals surface area contributed by atoms with E-state index in [4.69, 9.17) is 4.42 Å². The maximum atomic E-state index is 13.1. The SMILES string of the molecule is Fc1cccc(CNc2nnc(-c3c[nH]c4c3=CCCN=4)o2)c1. The smallest absolute Gasteiger partial charge is 0.316 e. The number of halogens is 1. The van der Waals surface area contributed by atoms with Crippen molar-refractivity contribution < 1.29 is 8.81 Å². The van der Waals surface area contributed by atoms with E-state index in [1.165, 1.54) is 12.1 Å². The largest absolute Gasteiger partial charge is 0.403 e. The van der Waals surface area contributed by atoms with Crippen LogP contribution in [-0.2, 0) is 6.54 Å². The molecule has 0 fully saturated rings. The third-order valence-electron chi connectivity index (χ3n) is 3.63. The Morgan fingerprint density at radius 3 is 3.17 bits per heavy atom. The van der Waals surface area contributed by atoms with Crippen molar-refractivity contribution in [1.29, 1.82) is 0 Å². The highest BCUT2D eigenvalue weighted by molar-refractivity contribution is 5.56. The summed E-state index contributed by atoms with van der Waals surface area (Å²) in [4.78, 5) is 7.51. The maximum Gasteiger partial charge on any atom is 0.316 e. The molecular formula is C16H14FN5O. The molecule has 6 nitrogen and oxygen atoms in total. The van der Waals surface area contributed by atoms with Gasteiger partial charge in [-0.3, -0.25) is 4.99 Å². The van der Waals surface area contributed by atoms with Gasteiger partial charge in [0.25, 0.3) is 5.89 Å². The van der Waals surface area contributed by atoms with E-state index in [0.29, 0.717) is 18.5 Å². The van der Waals surface area contributed by atoms with Gasteiger partial charge in [-0.05, 0) is 24.1 Å². The number of hydrogen-bond donors (Lipinski definition) is 2. The molecule has 1 aliphatic rings. The molecule has 4 rings (SSSR count). The van der Waals surface area contributed by atoms with Crippen molar-refractivity contribution in [3.05, 3.63) is 52.5 Å². The second-order valence-electron chi connectivity index (χ2n) is 5.23. The van der Waals surface area contributed by atoms with Crippen molar-refractivity contribution in [2.45, 2.75) is 13.0 Å². The lowest BCUT2D eigenvalue weighted by molar-refractivity contribution is 0.580. The predicted octanol–water partition coefficient (Wildman–Crippen LogP) is 1.62. The minimum atomic E-state index is -0.270. The Balaban J connectivity index is 1.55. The molecule has 0 saturated heterocycles. The number of nitrogens with one attached hydrogen (secondary N) is 2. The molecule has 0 atom stereocenters. The zero-order valence-corrected chi connectivity index (χ0v) is 12.2. The summed E-state index contributed by atoms with van der Waals surface area (Å²) >= 11 is 0. The Morgan fingerprint density at radius 1 is 1.30 bits per heavy atom. The molecule has 2 aromatic heterocycles. The molecule has 116 valence electrons. The standard InChI is InChI=1S/C16H14FN5O/c17-11-4-1-3-10(7-11)8-20-16-22-21-15(23-16)13-9-19-14-12(13)5-2-6-18-14/h1,3-5,7,9H,2,6,8H2,(H,18,19)(H,20,22). The quantitative estimate of drug-likeness (QED) is 0.767. The van der Waals surface area contributed by atoms with Crippen LogP contribution in [0.1, 0.15) is 12.0 Å². The molecule has 1 aromatic carbocycles. The summed E-state index contributed by atoms with van der Waals surface area (Å²) in [7, 11) is 0. The fourth-order valence-corrected chi connectivity index (χ4v) is 2.55. The van der Waals surface area contributed by atoms with Gasteiger partial charge >= 0.3 is 6.01 Å². The van der Waals surface area contributed by atoms with Gasteiger partial charge in [0.2, 0.25) is 0 Å². The van der Waals surface area contributed by atoms with Crippen LogP contribution in [-0.4, -0.2) is 21.7 Å². The molecule has 3 heterocycles. The highest BCUT2D eigenvalue weighted by Crippen LogP contribution is 2.16. The normalized spacial score (nSPS) is 13.1. The number of hydrogen-bond acceptors (Lipinski definition) is 5. The van der Waals surface area contributed by atoms with Gasteiger partial charge in [-0.15, -0.1) is 5.10 Å². The van der Waals surface area contributed by atoms with E-state index in [9.17, 15) is 4.39 Å². The van der Waals surface area contributed by atoms with E-state index in [1.807, 2.05) is 12.3 Å². The van der Waals surface area contributed by atoms with E-state index in [2.05, 4.69) is 31.6 Å². The Labute approximate surface area is 130 Å². The lowest BCUT2D eigenvalue weighted by Crippen LogP contribution is -2.27. The average molecular weight is 311 g/mol. The fraction of sp³-hybridized carbons (Fsp3) is 0.188. The van der Waals surface area contributed by atoms with Crippen molar-refractivity contribution in [2.75, 3.05) is 11.9 Å². The molecule has 0 spiro atoms. The Hall–Kier alpha value is -2.96. The van der Waals surface area contributed by atoms with Crippen LogP contribution in [0.2, 0.25) is 0 Å². The van der Waals surface area contributed by atoms with Gasteiger partial charge in [0.15, 0.2) is 0 Å². The first-order chi connectivity index (χ1) is 11.3. The van der Waals surface area contributed by atoms with Crippen molar-refractivity contribution in [3.8, 4) is 11.5 Å². The van der Waals surface area contributed by atoms with E-state index >= 15 is 0 Å². The van der Waals surface area contributed by atoms with E-state index in [-0.39, 0.29) is 5.82 Å². The highest BCUT2D eigenvalue weighted by atomic mass is 19.1. The number of aromatic amines is 1. The van der Waals surface area contributed by atoms with Crippen molar-refractivity contribution >= 4 is 12.1 Å². The van der Waals surface area contributed by atoms with Gasteiger partial charge in [0.05, 0.1) is 5.56 Å². The monoisotopic (exact) mass is 311 g/mol. The number of rotatable bonds is 4. The third-order valence-corrected chi connectivity index (χ3v) is 3.63. The fourth-order valence-electron chi connectivity index (χ4n) is 2.55. The summed E-state index contributed by atoms with van der Waals surface area (Å²) in [6.07, 6.45) is 4.83. The average Bonchev–Trinajstić information content (AvgIpc) is 3.19. The number of anilines is 1. The number of H-pyrrole nitrogens is 1. The van der Waals surface area contributed by atoms with E-state index in [0.717, 1.165) is 34.8 Å². The van der Waals surface area contributed by atoms with E-state index in [1.54, 1.807) is 6.07 Å².